The predicted molar refractivity (Wildman–Crippen MR) is 125 cm³/mol. The van der Waals surface area contributed by atoms with Gasteiger partial charge in [0.05, 0.1) is 11.9 Å². The summed E-state index contributed by atoms with van der Waals surface area (Å²) in [6, 6.07) is 11.6. The third kappa shape index (κ3) is 4.93. The minimum absolute atomic E-state index is 0.347. The number of hydrogen-bond acceptors (Lipinski definition) is 6. The zero-order valence-electron chi connectivity index (χ0n) is 18.4. The van der Waals surface area contributed by atoms with Gasteiger partial charge in [-0.3, -0.25) is 9.10 Å². The van der Waals surface area contributed by atoms with Crippen molar-refractivity contribution in [3.8, 4) is 11.5 Å². The molecule has 4 rings (SSSR count). The Morgan fingerprint density at radius 2 is 1.66 bits per heavy atom. The molecule has 0 aromatic heterocycles. The van der Waals surface area contributed by atoms with Gasteiger partial charge < -0.3 is 19.7 Å². The zero-order valence-corrected chi connectivity index (χ0v) is 19.2. The fraction of sp³-hybridized carbons (Fsp3) is 0.435. The second-order valence-electron chi connectivity index (χ2n) is 8.15. The van der Waals surface area contributed by atoms with Crippen LogP contribution in [0.1, 0.15) is 26.2 Å². The van der Waals surface area contributed by atoms with Crippen LogP contribution in [0.3, 0.4) is 0 Å². The number of nitrogens with zero attached hydrogens (tertiary/aromatic N) is 2. The summed E-state index contributed by atoms with van der Waals surface area (Å²) in [5, 5.41) is 2.84. The van der Waals surface area contributed by atoms with E-state index in [9.17, 15) is 13.2 Å². The van der Waals surface area contributed by atoms with Gasteiger partial charge in [0.15, 0.2) is 11.5 Å². The number of ether oxygens (including phenoxy) is 2. The molecule has 2 aromatic rings. The summed E-state index contributed by atoms with van der Waals surface area (Å²) < 4.78 is 37.4. The highest BCUT2D eigenvalue weighted by molar-refractivity contribution is 7.92. The number of carbonyl (C=O) groups is 1. The Labute approximate surface area is 189 Å². The predicted octanol–water partition coefficient (Wildman–Crippen LogP) is 3.24. The van der Waals surface area contributed by atoms with Gasteiger partial charge in [0.1, 0.15) is 19.3 Å². The van der Waals surface area contributed by atoms with E-state index in [4.69, 9.17) is 9.47 Å². The van der Waals surface area contributed by atoms with E-state index >= 15 is 0 Å². The van der Waals surface area contributed by atoms with Crippen LogP contribution < -0.4 is 24.0 Å². The topological polar surface area (TPSA) is 88.2 Å². The molecule has 32 heavy (non-hydrogen) atoms. The molecule has 1 amide bonds. The van der Waals surface area contributed by atoms with E-state index in [1.54, 1.807) is 25.1 Å². The number of hydrogen-bond donors (Lipinski definition) is 1. The molecule has 1 fully saturated rings. The number of sulfonamides is 1. The quantitative estimate of drug-likeness (QED) is 0.714. The number of fused-ring (bicyclic) bond motifs is 1. The normalized spacial score (nSPS) is 16.9. The smallest absolute Gasteiger partial charge is 0.247 e. The van der Waals surface area contributed by atoms with Gasteiger partial charge in [-0.25, -0.2) is 8.42 Å². The summed E-state index contributed by atoms with van der Waals surface area (Å²) in [5.74, 6) is 0.596. The highest BCUT2D eigenvalue weighted by Gasteiger charge is 2.30. The Kier molecular flexibility index (Phi) is 6.45. The second kappa shape index (κ2) is 9.28. The van der Waals surface area contributed by atoms with Gasteiger partial charge in [-0.1, -0.05) is 0 Å². The van der Waals surface area contributed by atoms with Crippen molar-refractivity contribution in [1.29, 1.82) is 0 Å². The molecule has 8 nitrogen and oxygen atoms in total. The van der Waals surface area contributed by atoms with Crippen molar-refractivity contribution in [1.82, 2.24) is 0 Å². The van der Waals surface area contributed by atoms with Crippen LogP contribution in [0.2, 0.25) is 0 Å². The molecule has 0 bridgehead atoms. The number of piperidine rings is 1. The van der Waals surface area contributed by atoms with Gasteiger partial charge in [0.2, 0.25) is 15.9 Å². The van der Waals surface area contributed by atoms with Crippen molar-refractivity contribution in [2.75, 3.05) is 47.1 Å². The zero-order chi connectivity index (χ0) is 22.7. The van der Waals surface area contributed by atoms with Gasteiger partial charge >= 0.3 is 0 Å². The molecular formula is C23H29N3O5S. The van der Waals surface area contributed by atoms with E-state index in [1.807, 2.05) is 24.3 Å². The Balaban J connectivity index is 1.50. The van der Waals surface area contributed by atoms with Gasteiger partial charge in [-0.05, 0) is 62.6 Å². The maximum Gasteiger partial charge on any atom is 0.247 e. The minimum atomic E-state index is -3.73. The summed E-state index contributed by atoms with van der Waals surface area (Å²) in [5.41, 5.74) is 2.10. The van der Waals surface area contributed by atoms with Gasteiger partial charge in [0.25, 0.3) is 0 Å². The molecule has 2 heterocycles. The molecule has 0 saturated carbocycles. The molecule has 0 aliphatic carbocycles. The van der Waals surface area contributed by atoms with Crippen LogP contribution in [-0.4, -0.2) is 52.9 Å². The lowest BCUT2D eigenvalue weighted by atomic mass is 10.1. The Morgan fingerprint density at radius 1 is 1.00 bits per heavy atom. The molecule has 1 N–H and O–H groups in total. The van der Waals surface area contributed by atoms with E-state index in [0.717, 1.165) is 29.3 Å². The first-order valence-corrected chi connectivity index (χ1v) is 12.7. The van der Waals surface area contributed by atoms with Crippen LogP contribution in [0, 0.1) is 0 Å². The Bertz CT molecular complexity index is 1070. The summed E-state index contributed by atoms with van der Waals surface area (Å²) in [6.45, 7) is 4.48. The number of nitrogens with one attached hydrogen (secondary N) is 1. The van der Waals surface area contributed by atoms with Crippen LogP contribution in [0.15, 0.2) is 42.5 Å². The van der Waals surface area contributed by atoms with Gasteiger partial charge in [0, 0.05) is 30.5 Å². The maximum atomic E-state index is 13.0. The van der Waals surface area contributed by atoms with Crippen molar-refractivity contribution >= 4 is 33.0 Å². The molecule has 0 spiro atoms. The molecule has 1 saturated heterocycles. The van der Waals surface area contributed by atoms with E-state index in [2.05, 4.69) is 10.2 Å². The van der Waals surface area contributed by atoms with Crippen molar-refractivity contribution < 1.29 is 22.7 Å². The average Bonchev–Trinajstić information content (AvgIpc) is 2.79. The summed E-state index contributed by atoms with van der Waals surface area (Å²) in [7, 11) is -3.73. The lowest BCUT2D eigenvalue weighted by molar-refractivity contribution is -0.116. The standard InChI is InChI=1S/C23H29N3O5S/c1-17(23(27)24-18-6-8-19(9-7-18)25-12-4-3-5-13-25)26(32(2,28)29)20-10-11-21-22(16-20)31-15-14-30-21/h6-11,16-17H,3-5,12-15H2,1-2H3,(H,24,27). The van der Waals surface area contributed by atoms with Crippen molar-refractivity contribution in [2.24, 2.45) is 0 Å². The Hall–Kier alpha value is -2.94. The number of benzene rings is 2. The largest absolute Gasteiger partial charge is 0.486 e. The highest BCUT2D eigenvalue weighted by atomic mass is 32.2. The first-order valence-electron chi connectivity index (χ1n) is 10.9. The fourth-order valence-electron chi connectivity index (χ4n) is 4.13. The van der Waals surface area contributed by atoms with E-state index in [1.165, 1.54) is 19.3 Å². The van der Waals surface area contributed by atoms with E-state index < -0.39 is 22.0 Å². The molecule has 2 aromatic carbocycles. The SMILES string of the molecule is CC(C(=O)Nc1ccc(N2CCCCC2)cc1)N(c1ccc2c(c1)OCCO2)S(C)(=O)=O. The highest BCUT2D eigenvalue weighted by Crippen LogP contribution is 2.35. The maximum absolute atomic E-state index is 13.0. The van der Waals surface area contributed by atoms with E-state index in [0.29, 0.717) is 36.1 Å². The molecule has 1 atom stereocenters. The van der Waals surface area contributed by atoms with Gasteiger partial charge in [-0.15, -0.1) is 0 Å². The molecular weight excluding hydrogens is 430 g/mol. The lowest BCUT2D eigenvalue weighted by Gasteiger charge is -2.30. The van der Waals surface area contributed by atoms with Crippen LogP contribution >= 0.6 is 0 Å². The molecule has 9 heteroatoms. The van der Waals surface area contributed by atoms with Crippen LogP contribution in [-0.2, 0) is 14.8 Å². The monoisotopic (exact) mass is 459 g/mol. The number of anilines is 3. The minimum Gasteiger partial charge on any atom is -0.486 e. The second-order valence-corrected chi connectivity index (χ2v) is 10.0. The first-order chi connectivity index (χ1) is 15.3. The van der Waals surface area contributed by atoms with Crippen molar-refractivity contribution in [3.05, 3.63) is 42.5 Å². The number of rotatable bonds is 6. The lowest BCUT2D eigenvalue weighted by Crippen LogP contribution is -2.45. The number of carbonyl (C=O) groups excluding carboxylic acids is 1. The summed E-state index contributed by atoms with van der Waals surface area (Å²) in [4.78, 5) is 15.3. The Morgan fingerprint density at radius 3 is 2.31 bits per heavy atom. The van der Waals surface area contributed by atoms with Crippen molar-refractivity contribution in [3.63, 3.8) is 0 Å². The van der Waals surface area contributed by atoms with E-state index in [-0.39, 0.29) is 0 Å². The van der Waals surface area contributed by atoms with Crippen molar-refractivity contribution in [2.45, 2.75) is 32.2 Å². The third-order valence-electron chi connectivity index (χ3n) is 5.72. The van der Waals surface area contributed by atoms with Gasteiger partial charge in [-0.2, -0.15) is 0 Å². The number of amides is 1. The molecule has 2 aliphatic heterocycles. The first kappa shape index (κ1) is 22.3. The van der Waals surface area contributed by atoms with Crippen LogP contribution in [0.25, 0.3) is 0 Å². The molecule has 172 valence electrons. The third-order valence-corrected chi connectivity index (χ3v) is 6.97. The van der Waals surface area contributed by atoms with Crippen LogP contribution in [0.4, 0.5) is 17.1 Å². The average molecular weight is 460 g/mol. The van der Waals surface area contributed by atoms with Crippen LogP contribution in [0.5, 0.6) is 11.5 Å². The fourth-order valence-corrected chi connectivity index (χ4v) is 5.30. The summed E-state index contributed by atoms with van der Waals surface area (Å²) in [6.07, 6.45) is 4.73. The molecule has 0 radical (unpaired) electrons. The summed E-state index contributed by atoms with van der Waals surface area (Å²) >= 11 is 0. The molecule has 2 aliphatic rings. The molecule has 1 unspecified atom stereocenters.